The molecule has 0 aliphatic carbocycles. The van der Waals surface area contributed by atoms with Crippen LogP contribution in [0.2, 0.25) is 0 Å². The number of amides is 2. The minimum Gasteiger partial charge on any atom is -0.378 e. The zero-order chi connectivity index (χ0) is 19.2. The number of benzene rings is 1. The third-order valence-corrected chi connectivity index (χ3v) is 4.75. The van der Waals surface area contributed by atoms with E-state index in [9.17, 15) is 9.59 Å². The number of pyridine rings is 1. The molecule has 0 radical (unpaired) electrons. The zero-order valence-corrected chi connectivity index (χ0v) is 15.6. The highest BCUT2D eigenvalue weighted by Crippen LogP contribution is 2.26. The van der Waals surface area contributed by atoms with Crippen molar-refractivity contribution in [1.82, 2.24) is 10.3 Å². The lowest BCUT2D eigenvalue weighted by Gasteiger charge is -2.22. The van der Waals surface area contributed by atoms with Gasteiger partial charge in [0.2, 0.25) is 0 Å². The lowest BCUT2D eigenvalue weighted by molar-refractivity contribution is 0.0533. The SMILES string of the molecule is CC(C)C1OCCC1CNC(=O)c1cccc(NC(=O)c2cccnc2)c1. The van der Waals surface area contributed by atoms with Crippen molar-refractivity contribution < 1.29 is 14.3 Å². The van der Waals surface area contributed by atoms with Crippen LogP contribution in [0, 0.1) is 11.8 Å². The van der Waals surface area contributed by atoms with E-state index in [0.29, 0.717) is 35.2 Å². The number of nitrogens with zero attached hydrogens (tertiary/aromatic N) is 1. The van der Waals surface area contributed by atoms with E-state index in [2.05, 4.69) is 29.5 Å². The van der Waals surface area contributed by atoms with E-state index in [4.69, 9.17) is 4.74 Å². The summed E-state index contributed by atoms with van der Waals surface area (Å²) in [5.41, 5.74) is 1.55. The number of hydrogen-bond acceptors (Lipinski definition) is 4. The van der Waals surface area contributed by atoms with Gasteiger partial charge in [-0.15, -0.1) is 0 Å². The Balaban J connectivity index is 1.59. The molecular formula is C21H25N3O3. The van der Waals surface area contributed by atoms with Crippen LogP contribution in [0.1, 0.15) is 41.0 Å². The monoisotopic (exact) mass is 367 g/mol. The van der Waals surface area contributed by atoms with E-state index in [0.717, 1.165) is 13.0 Å². The van der Waals surface area contributed by atoms with Crippen LogP contribution in [0.3, 0.4) is 0 Å². The number of carbonyl (C=O) groups is 2. The van der Waals surface area contributed by atoms with Gasteiger partial charge in [-0.3, -0.25) is 14.6 Å². The molecule has 6 nitrogen and oxygen atoms in total. The summed E-state index contributed by atoms with van der Waals surface area (Å²) < 4.78 is 5.77. The molecule has 2 N–H and O–H groups in total. The van der Waals surface area contributed by atoms with Crippen molar-refractivity contribution in [2.75, 3.05) is 18.5 Å². The molecule has 1 aliphatic rings. The molecule has 1 saturated heterocycles. The van der Waals surface area contributed by atoms with Gasteiger partial charge in [0.1, 0.15) is 0 Å². The fourth-order valence-electron chi connectivity index (χ4n) is 3.38. The van der Waals surface area contributed by atoms with Gasteiger partial charge in [0.25, 0.3) is 11.8 Å². The molecule has 0 saturated carbocycles. The number of carbonyl (C=O) groups excluding carboxylic acids is 2. The normalized spacial score (nSPS) is 19.1. The highest BCUT2D eigenvalue weighted by Gasteiger charge is 2.30. The molecule has 6 heteroatoms. The molecule has 2 heterocycles. The predicted octanol–water partition coefficient (Wildman–Crippen LogP) is 3.12. The van der Waals surface area contributed by atoms with Crippen LogP contribution in [0.5, 0.6) is 0 Å². The van der Waals surface area contributed by atoms with Gasteiger partial charge in [-0.2, -0.15) is 0 Å². The largest absolute Gasteiger partial charge is 0.378 e. The molecule has 1 fully saturated rings. The maximum atomic E-state index is 12.5. The fourth-order valence-corrected chi connectivity index (χ4v) is 3.38. The van der Waals surface area contributed by atoms with Gasteiger partial charge < -0.3 is 15.4 Å². The third kappa shape index (κ3) is 4.92. The molecule has 2 aromatic rings. The van der Waals surface area contributed by atoms with Crippen LogP contribution in [-0.2, 0) is 4.74 Å². The van der Waals surface area contributed by atoms with Gasteiger partial charge in [0, 0.05) is 42.7 Å². The number of aromatic nitrogens is 1. The Bertz CT molecular complexity index is 792. The number of hydrogen-bond donors (Lipinski definition) is 2. The van der Waals surface area contributed by atoms with Crippen LogP contribution in [0.25, 0.3) is 0 Å². The van der Waals surface area contributed by atoms with Gasteiger partial charge in [0.15, 0.2) is 0 Å². The van der Waals surface area contributed by atoms with Crippen LogP contribution >= 0.6 is 0 Å². The Morgan fingerprint density at radius 3 is 2.74 bits per heavy atom. The van der Waals surface area contributed by atoms with Crippen molar-refractivity contribution >= 4 is 17.5 Å². The lowest BCUT2D eigenvalue weighted by atomic mass is 9.93. The number of ether oxygens (including phenoxy) is 1. The topological polar surface area (TPSA) is 80.3 Å². The molecule has 27 heavy (non-hydrogen) atoms. The molecule has 0 bridgehead atoms. The maximum Gasteiger partial charge on any atom is 0.257 e. The first-order valence-corrected chi connectivity index (χ1v) is 9.26. The number of rotatable bonds is 6. The molecular weight excluding hydrogens is 342 g/mol. The lowest BCUT2D eigenvalue weighted by Crippen LogP contribution is -2.34. The quantitative estimate of drug-likeness (QED) is 0.822. The summed E-state index contributed by atoms with van der Waals surface area (Å²) in [4.78, 5) is 28.7. The fraction of sp³-hybridized carbons (Fsp3) is 0.381. The van der Waals surface area contributed by atoms with Crippen LogP contribution in [0.4, 0.5) is 5.69 Å². The van der Waals surface area contributed by atoms with Gasteiger partial charge in [-0.25, -0.2) is 0 Å². The van der Waals surface area contributed by atoms with E-state index >= 15 is 0 Å². The Morgan fingerprint density at radius 2 is 2.00 bits per heavy atom. The zero-order valence-electron chi connectivity index (χ0n) is 15.6. The second-order valence-corrected chi connectivity index (χ2v) is 7.11. The van der Waals surface area contributed by atoms with E-state index in [1.165, 1.54) is 6.20 Å². The van der Waals surface area contributed by atoms with Crippen LogP contribution in [0.15, 0.2) is 48.8 Å². The molecule has 1 aromatic carbocycles. The Hall–Kier alpha value is -2.73. The average molecular weight is 367 g/mol. The minimum atomic E-state index is -0.261. The molecule has 2 atom stereocenters. The number of nitrogens with one attached hydrogen (secondary N) is 2. The summed E-state index contributed by atoms with van der Waals surface area (Å²) >= 11 is 0. The Morgan fingerprint density at radius 1 is 1.19 bits per heavy atom. The number of anilines is 1. The van der Waals surface area contributed by atoms with E-state index < -0.39 is 0 Å². The second kappa shape index (κ2) is 8.77. The molecule has 1 aliphatic heterocycles. The Labute approximate surface area is 159 Å². The smallest absolute Gasteiger partial charge is 0.257 e. The molecule has 2 amide bonds. The molecule has 0 spiro atoms. The van der Waals surface area contributed by atoms with Crippen molar-refractivity contribution in [3.8, 4) is 0 Å². The van der Waals surface area contributed by atoms with Gasteiger partial charge in [-0.05, 0) is 42.7 Å². The van der Waals surface area contributed by atoms with Gasteiger partial charge >= 0.3 is 0 Å². The van der Waals surface area contributed by atoms with Gasteiger partial charge in [0.05, 0.1) is 11.7 Å². The van der Waals surface area contributed by atoms with E-state index in [-0.39, 0.29) is 17.9 Å². The predicted molar refractivity (Wildman–Crippen MR) is 104 cm³/mol. The van der Waals surface area contributed by atoms with Crippen molar-refractivity contribution in [2.45, 2.75) is 26.4 Å². The van der Waals surface area contributed by atoms with Crippen LogP contribution in [-0.4, -0.2) is 36.1 Å². The van der Waals surface area contributed by atoms with Gasteiger partial charge in [-0.1, -0.05) is 19.9 Å². The summed E-state index contributed by atoms with van der Waals surface area (Å²) in [6.07, 6.45) is 4.27. The first kappa shape index (κ1) is 19.0. The van der Waals surface area contributed by atoms with Crippen molar-refractivity contribution in [3.05, 3.63) is 59.9 Å². The minimum absolute atomic E-state index is 0.151. The summed E-state index contributed by atoms with van der Waals surface area (Å²) in [5.74, 6) is 0.355. The average Bonchev–Trinajstić information content (AvgIpc) is 3.16. The summed E-state index contributed by atoms with van der Waals surface area (Å²) in [5, 5.41) is 5.79. The maximum absolute atomic E-state index is 12.5. The van der Waals surface area contributed by atoms with Crippen molar-refractivity contribution in [1.29, 1.82) is 0 Å². The third-order valence-electron chi connectivity index (χ3n) is 4.75. The highest BCUT2D eigenvalue weighted by molar-refractivity contribution is 6.04. The molecule has 3 rings (SSSR count). The van der Waals surface area contributed by atoms with Crippen molar-refractivity contribution in [3.63, 3.8) is 0 Å². The summed E-state index contributed by atoms with van der Waals surface area (Å²) in [6, 6.07) is 10.3. The first-order chi connectivity index (χ1) is 13.0. The Kier molecular flexibility index (Phi) is 6.19. The van der Waals surface area contributed by atoms with E-state index in [1.807, 2.05) is 0 Å². The summed E-state index contributed by atoms with van der Waals surface area (Å²) in [7, 11) is 0. The molecule has 1 aromatic heterocycles. The summed E-state index contributed by atoms with van der Waals surface area (Å²) in [6.45, 7) is 5.62. The van der Waals surface area contributed by atoms with Crippen LogP contribution < -0.4 is 10.6 Å². The van der Waals surface area contributed by atoms with Crippen molar-refractivity contribution in [2.24, 2.45) is 11.8 Å². The highest BCUT2D eigenvalue weighted by atomic mass is 16.5. The standard InChI is InChI=1S/C21H25N3O3/c1-14(2)19-16(8-10-27-19)13-23-20(25)15-5-3-7-18(11-15)24-21(26)17-6-4-9-22-12-17/h3-7,9,11-12,14,16,19H,8,10,13H2,1-2H3,(H,23,25)(H,24,26). The molecule has 142 valence electrons. The van der Waals surface area contributed by atoms with E-state index in [1.54, 1.807) is 42.6 Å². The molecule has 2 unspecified atom stereocenters. The second-order valence-electron chi connectivity index (χ2n) is 7.11. The first-order valence-electron chi connectivity index (χ1n) is 9.26.